The fourth-order valence-electron chi connectivity index (χ4n) is 0.794. The molecule has 1 N–H and O–H groups in total. The van der Waals surface area contributed by atoms with Gasteiger partial charge < -0.3 is 5.32 Å². The molecule has 6 heteroatoms. The van der Waals surface area contributed by atoms with Crippen molar-refractivity contribution in [1.82, 2.24) is 9.59 Å². The van der Waals surface area contributed by atoms with Crippen molar-refractivity contribution in [3.63, 3.8) is 0 Å². The predicted molar refractivity (Wildman–Crippen MR) is 52.2 cm³/mol. The van der Waals surface area contributed by atoms with Crippen LogP contribution in [0, 0.1) is 0 Å². The number of aromatic nitrogens is 2. The Morgan fingerprint density at radius 1 is 1.46 bits per heavy atom. The van der Waals surface area contributed by atoms with Gasteiger partial charge in [0.25, 0.3) is 5.91 Å². The Bertz CT molecular complexity index is 382. The number of amides is 1. The fourth-order valence-corrected chi connectivity index (χ4v) is 1.82. The first-order chi connectivity index (χ1) is 6.36. The van der Waals surface area contributed by atoms with Crippen LogP contribution in [0.5, 0.6) is 0 Å². The van der Waals surface area contributed by atoms with Gasteiger partial charge in [0.2, 0.25) is 0 Å². The van der Waals surface area contributed by atoms with Crippen molar-refractivity contribution in [2.24, 2.45) is 0 Å². The number of anilines is 1. The first-order valence-electron chi connectivity index (χ1n) is 3.47. The van der Waals surface area contributed by atoms with E-state index in [9.17, 15) is 4.79 Å². The second-order valence-corrected chi connectivity index (χ2v) is 3.65. The average Bonchev–Trinajstić information content (AvgIpc) is 2.74. The van der Waals surface area contributed by atoms with Gasteiger partial charge in [0.05, 0.1) is 5.69 Å². The Balaban J connectivity index is 2.08. The smallest absolute Gasteiger partial charge is 0.277 e. The second-order valence-electron chi connectivity index (χ2n) is 2.26. The van der Waals surface area contributed by atoms with Gasteiger partial charge in [-0.2, -0.15) is 11.3 Å². The summed E-state index contributed by atoms with van der Waals surface area (Å²) in [7, 11) is 0. The number of carbonyl (C=O) groups is 1. The lowest BCUT2D eigenvalue weighted by molar-refractivity contribution is 0.102. The highest BCUT2D eigenvalue weighted by Gasteiger charge is 2.08. The third kappa shape index (κ3) is 1.90. The molecule has 0 aliphatic rings. The van der Waals surface area contributed by atoms with E-state index in [0.717, 1.165) is 17.2 Å². The van der Waals surface area contributed by atoms with Crippen LogP contribution in [0.1, 0.15) is 10.5 Å². The summed E-state index contributed by atoms with van der Waals surface area (Å²) in [4.78, 5) is 11.4. The van der Waals surface area contributed by atoms with Crippen molar-refractivity contribution in [3.8, 4) is 0 Å². The molecule has 0 saturated carbocycles. The van der Waals surface area contributed by atoms with Gasteiger partial charge in [0, 0.05) is 10.8 Å². The van der Waals surface area contributed by atoms with Gasteiger partial charge in [-0.3, -0.25) is 4.79 Å². The van der Waals surface area contributed by atoms with E-state index in [1.165, 1.54) is 11.3 Å². The van der Waals surface area contributed by atoms with E-state index in [4.69, 9.17) is 0 Å². The molecule has 0 bridgehead atoms. The maximum atomic E-state index is 11.4. The van der Waals surface area contributed by atoms with Crippen LogP contribution in [0.15, 0.2) is 22.2 Å². The molecule has 0 aliphatic heterocycles. The van der Waals surface area contributed by atoms with Crippen molar-refractivity contribution in [2.75, 3.05) is 5.32 Å². The number of nitrogens with one attached hydrogen (secondary N) is 1. The highest BCUT2D eigenvalue weighted by molar-refractivity contribution is 7.08. The SMILES string of the molecule is O=C(Nc1ccsc1)c1csnn1. The molecule has 0 aliphatic carbocycles. The van der Waals surface area contributed by atoms with Crippen LogP contribution in [-0.2, 0) is 0 Å². The van der Waals surface area contributed by atoms with Crippen LogP contribution in [0.25, 0.3) is 0 Å². The van der Waals surface area contributed by atoms with Gasteiger partial charge in [0.15, 0.2) is 5.69 Å². The van der Waals surface area contributed by atoms with Crippen LogP contribution in [-0.4, -0.2) is 15.5 Å². The number of hydrogen-bond donors (Lipinski definition) is 1. The van der Waals surface area contributed by atoms with Gasteiger partial charge in [0.1, 0.15) is 0 Å². The topological polar surface area (TPSA) is 54.9 Å². The number of thiophene rings is 1. The minimum absolute atomic E-state index is 0.216. The van der Waals surface area contributed by atoms with Crippen molar-refractivity contribution in [3.05, 3.63) is 27.9 Å². The van der Waals surface area contributed by atoms with Crippen LogP contribution in [0.3, 0.4) is 0 Å². The monoisotopic (exact) mass is 211 g/mol. The van der Waals surface area contributed by atoms with E-state index in [2.05, 4.69) is 14.9 Å². The molecule has 2 aromatic rings. The van der Waals surface area contributed by atoms with E-state index in [1.807, 2.05) is 16.8 Å². The van der Waals surface area contributed by atoms with E-state index in [0.29, 0.717) is 5.69 Å². The first kappa shape index (κ1) is 8.33. The van der Waals surface area contributed by atoms with Crippen molar-refractivity contribution in [2.45, 2.75) is 0 Å². The molecular weight excluding hydrogens is 206 g/mol. The Morgan fingerprint density at radius 3 is 3.00 bits per heavy atom. The zero-order valence-corrected chi connectivity index (χ0v) is 8.06. The Labute approximate surface area is 82.4 Å². The molecule has 0 spiro atoms. The minimum Gasteiger partial charge on any atom is -0.320 e. The molecule has 2 aromatic heterocycles. The summed E-state index contributed by atoms with van der Waals surface area (Å²) in [6, 6.07) is 1.84. The summed E-state index contributed by atoms with van der Waals surface area (Å²) in [5.41, 5.74) is 1.15. The van der Waals surface area contributed by atoms with Crippen molar-refractivity contribution in [1.29, 1.82) is 0 Å². The molecule has 0 radical (unpaired) electrons. The summed E-state index contributed by atoms with van der Waals surface area (Å²) >= 11 is 2.69. The van der Waals surface area contributed by atoms with Gasteiger partial charge in [-0.1, -0.05) is 4.49 Å². The van der Waals surface area contributed by atoms with E-state index in [-0.39, 0.29) is 5.91 Å². The standard InChI is InChI=1S/C7H5N3OS2/c11-7(6-4-13-10-9-6)8-5-1-2-12-3-5/h1-4H,(H,8,11). The van der Waals surface area contributed by atoms with Crippen molar-refractivity contribution >= 4 is 34.5 Å². The molecule has 66 valence electrons. The average molecular weight is 211 g/mol. The zero-order chi connectivity index (χ0) is 9.10. The summed E-state index contributed by atoms with van der Waals surface area (Å²) < 4.78 is 3.61. The molecule has 2 rings (SSSR count). The summed E-state index contributed by atoms with van der Waals surface area (Å²) in [6.07, 6.45) is 0. The predicted octanol–water partition coefficient (Wildman–Crippen LogP) is 1.85. The molecule has 1 amide bonds. The third-order valence-corrected chi connectivity index (χ3v) is 2.56. The zero-order valence-electron chi connectivity index (χ0n) is 6.43. The number of nitrogens with zero attached hydrogens (tertiary/aromatic N) is 2. The van der Waals surface area contributed by atoms with Gasteiger partial charge in [-0.25, -0.2) is 0 Å². The molecule has 0 aromatic carbocycles. The highest BCUT2D eigenvalue weighted by atomic mass is 32.1. The minimum atomic E-state index is -0.216. The Morgan fingerprint density at radius 2 is 2.38 bits per heavy atom. The van der Waals surface area contributed by atoms with E-state index < -0.39 is 0 Å². The molecule has 13 heavy (non-hydrogen) atoms. The highest BCUT2D eigenvalue weighted by Crippen LogP contribution is 2.12. The van der Waals surface area contributed by atoms with E-state index in [1.54, 1.807) is 5.38 Å². The molecule has 2 heterocycles. The summed E-state index contributed by atoms with van der Waals surface area (Å²) in [6.45, 7) is 0. The lowest BCUT2D eigenvalue weighted by Crippen LogP contribution is -2.11. The van der Waals surface area contributed by atoms with Crippen LogP contribution in [0.4, 0.5) is 5.69 Å². The lowest BCUT2D eigenvalue weighted by Gasteiger charge is -1.96. The molecule has 0 saturated heterocycles. The summed E-state index contributed by atoms with van der Waals surface area (Å²) in [5.74, 6) is -0.216. The van der Waals surface area contributed by atoms with Crippen LogP contribution >= 0.6 is 22.9 Å². The van der Waals surface area contributed by atoms with Gasteiger partial charge >= 0.3 is 0 Å². The van der Waals surface area contributed by atoms with Crippen LogP contribution < -0.4 is 5.32 Å². The number of hydrogen-bond acceptors (Lipinski definition) is 5. The third-order valence-electron chi connectivity index (χ3n) is 1.37. The molecular formula is C7H5N3OS2. The number of carbonyl (C=O) groups excluding carboxylic acids is 1. The number of rotatable bonds is 2. The van der Waals surface area contributed by atoms with Gasteiger partial charge in [-0.05, 0) is 23.0 Å². The summed E-state index contributed by atoms with van der Waals surface area (Å²) in [5, 5.41) is 11.7. The first-order valence-corrected chi connectivity index (χ1v) is 5.25. The molecule has 0 fully saturated rings. The van der Waals surface area contributed by atoms with Crippen molar-refractivity contribution < 1.29 is 4.79 Å². The quantitative estimate of drug-likeness (QED) is 0.824. The van der Waals surface area contributed by atoms with Gasteiger partial charge in [-0.15, -0.1) is 5.10 Å². The fraction of sp³-hybridized carbons (Fsp3) is 0. The Hall–Kier alpha value is -1.27. The normalized spacial score (nSPS) is 9.85. The molecule has 4 nitrogen and oxygen atoms in total. The molecule has 0 atom stereocenters. The maximum absolute atomic E-state index is 11.4. The Kier molecular flexibility index (Phi) is 2.33. The maximum Gasteiger partial charge on any atom is 0.277 e. The van der Waals surface area contributed by atoms with Crippen LogP contribution in [0.2, 0.25) is 0 Å². The van der Waals surface area contributed by atoms with E-state index >= 15 is 0 Å². The lowest BCUT2D eigenvalue weighted by atomic mass is 10.4. The largest absolute Gasteiger partial charge is 0.320 e. The molecule has 0 unspecified atom stereocenters. The second kappa shape index (κ2) is 3.63.